The Labute approximate surface area is 214 Å². The molecule has 0 bridgehead atoms. The molecule has 2 unspecified atom stereocenters. The van der Waals surface area contributed by atoms with Gasteiger partial charge < -0.3 is 30.8 Å². The Bertz CT molecular complexity index is 1090. The third-order valence-corrected chi connectivity index (χ3v) is 11.6. The molecule has 0 saturated carbocycles. The number of halogens is 1. The van der Waals surface area contributed by atoms with Crippen LogP contribution in [0.25, 0.3) is 0 Å². The minimum Gasteiger partial charge on any atom is -0.465 e. The number of carboxylic acid groups (broad SMARTS) is 1. The number of nitrogen functional groups attached to an aromatic ring is 1. The minimum absolute atomic E-state index is 0.0320. The summed E-state index contributed by atoms with van der Waals surface area (Å²) in [6, 6.07) is 4.77. The highest BCUT2D eigenvalue weighted by Gasteiger charge is 2.43. The van der Waals surface area contributed by atoms with E-state index in [0.717, 1.165) is 5.69 Å². The third kappa shape index (κ3) is 6.50. The van der Waals surface area contributed by atoms with Gasteiger partial charge in [-0.1, -0.05) is 20.8 Å². The fourth-order valence-electron chi connectivity index (χ4n) is 3.70. The highest BCUT2D eigenvalue weighted by Crippen LogP contribution is 2.39. The van der Waals surface area contributed by atoms with Gasteiger partial charge in [0.1, 0.15) is 4.60 Å². The van der Waals surface area contributed by atoms with Gasteiger partial charge in [-0.05, 0) is 58.7 Å². The zero-order chi connectivity index (χ0) is 26.0. The monoisotopic (exact) mass is 564 g/mol. The fourth-order valence-corrected chi connectivity index (χ4v) is 5.36. The van der Waals surface area contributed by atoms with Crippen LogP contribution < -0.4 is 21.3 Å². The topological polar surface area (TPSA) is 143 Å². The maximum atomic E-state index is 12.9. The predicted molar refractivity (Wildman–Crippen MR) is 142 cm³/mol. The number of nitrogens with one attached hydrogen (secondary N) is 2. The molecule has 2 aromatic heterocycles. The SMILES string of the molecule is CC(C)(C)[Si](C)(C)OC1CN(c2ccncc2NC(=O)c2nc(Br)ccc2N)CCC1NC(=O)O. The molecule has 2 aromatic rings. The number of piperidine rings is 1. The molecule has 3 heterocycles. The lowest BCUT2D eigenvalue weighted by Crippen LogP contribution is -2.59. The van der Waals surface area contributed by atoms with Gasteiger partial charge >= 0.3 is 6.09 Å². The molecular weight excluding hydrogens is 532 g/mol. The molecule has 3 rings (SSSR count). The molecule has 1 saturated heterocycles. The number of nitrogens with zero attached hydrogens (tertiary/aromatic N) is 3. The molecule has 0 aromatic carbocycles. The molecule has 2 atom stereocenters. The van der Waals surface area contributed by atoms with E-state index < -0.39 is 20.3 Å². The van der Waals surface area contributed by atoms with E-state index >= 15 is 0 Å². The van der Waals surface area contributed by atoms with Crippen LogP contribution in [0.1, 0.15) is 37.7 Å². The quantitative estimate of drug-likeness (QED) is 0.300. The van der Waals surface area contributed by atoms with Crippen molar-refractivity contribution >= 4 is 53.3 Å². The summed E-state index contributed by atoms with van der Waals surface area (Å²) in [7, 11) is -2.18. The van der Waals surface area contributed by atoms with E-state index in [9.17, 15) is 14.7 Å². The first-order valence-electron chi connectivity index (χ1n) is 11.4. The second-order valence-corrected chi connectivity index (χ2v) is 15.7. The van der Waals surface area contributed by atoms with Gasteiger partial charge in [-0.3, -0.25) is 9.78 Å². The zero-order valence-electron chi connectivity index (χ0n) is 20.6. The number of nitrogens with two attached hydrogens (primary N) is 1. The largest absolute Gasteiger partial charge is 0.465 e. The first-order chi connectivity index (χ1) is 16.3. The van der Waals surface area contributed by atoms with E-state index in [1.54, 1.807) is 24.5 Å². The number of pyridine rings is 2. The van der Waals surface area contributed by atoms with E-state index in [2.05, 4.69) is 75.3 Å². The van der Waals surface area contributed by atoms with Gasteiger partial charge in [-0.25, -0.2) is 9.78 Å². The Hall–Kier alpha value is -2.70. The summed E-state index contributed by atoms with van der Waals surface area (Å²) in [6.45, 7) is 11.8. The van der Waals surface area contributed by atoms with Crippen LogP contribution in [0.4, 0.5) is 21.9 Å². The number of aromatic nitrogens is 2. The predicted octanol–water partition coefficient (Wildman–Crippen LogP) is 4.31. The summed E-state index contributed by atoms with van der Waals surface area (Å²) < 4.78 is 7.17. The van der Waals surface area contributed by atoms with Crippen molar-refractivity contribution in [3.05, 3.63) is 40.9 Å². The lowest BCUT2D eigenvalue weighted by Gasteiger charge is -2.46. The van der Waals surface area contributed by atoms with Crippen molar-refractivity contribution in [3.8, 4) is 0 Å². The van der Waals surface area contributed by atoms with Crippen LogP contribution >= 0.6 is 15.9 Å². The standard InChI is InChI=1S/C23H33BrN6O4Si/c1-23(2,3)35(4,5)34-18-13-30(11-9-15(18)28-22(32)33)17-8-10-26-12-16(17)27-21(31)20-14(25)6-7-19(24)29-20/h6-8,10,12,15,18,28H,9,11,13,25H2,1-5H3,(H,27,31)(H,32,33). The molecule has 12 heteroatoms. The maximum Gasteiger partial charge on any atom is 0.404 e. The second kappa shape index (κ2) is 10.5. The molecular formula is C23H33BrN6O4Si. The van der Waals surface area contributed by atoms with Gasteiger partial charge in [0.15, 0.2) is 14.0 Å². The Kier molecular flexibility index (Phi) is 8.07. The molecule has 1 aliphatic rings. The van der Waals surface area contributed by atoms with Gasteiger partial charge in [0, 0.05) is 19.3 Å². The molecule has 0 spiro atoms. The number of amides is 2. The van der Waals surface area contributed by atoms with Crippen molar-refractivity contribution in [3.63, 3.8) is 0 Å². The van der Waals surface area contributed by atoms with E-state index in [0.29, 0.717) is 29.8 Å². The molecule has 5 N–H and O–H groups in total. The van der Waals surface area contributed by atoms with Crippen molar-refractivity contribution in [1.82, 2.24) is 15.3 Å². The number of hydrogen-bond acceptors (Lipinski definition) is 7. The summed E-state index contributed by atoms with van der Waals surface area (Å²) in [5.74, 6) is -0.449. The highest BCUT2D eigenvalue weighted by atomic mass is 79.9. The minimum atomic E-state index is -2.18. The Morgan fingerprint density at radius 2 is 2.00 bits per heavy atom. The lowest BCUT2D eigenvalue weighted by molar-refractivity contribution is 0.102. The zero-order valence-corrected chi connectivity index (χ0v) is 23.2. The van der Waals surface area contributed by atoms with E-state index in [1.807, 2.05) is 6.07 Å². The summed E-state index contributed by atoms with van der Waals surface area (Å²) in [4.78, 5) is 34.8. The summed E-state index contributed by atoms with van der Waals surface area (Å²) in [5, 5.41) is 14.9. The first kappa shape index (κ1) is 26.9. The number of hydrogen-bond donors (Lipinski definition) is 4. The van der Waals surface area contributed by atoms with E-state index in [4.69, 9.17) is 10.2 Å². The van der Waals surface area contributed by atoms with Crippen molar-refractivity contribution < 1.29 is 19.1 Å². The summed E-state index contributed by atoms with van der Waals surface area (Å²) in [6.07, 6.45) is 2.37. The second-order valence-electron chi connectivity index (χ2n) is 10.1. The third-order valence-electron chi connectivity index (χ3n) is 6.61. The van der Waals surface area contributed by atoms with Crippen molar-refractivity contribution in [2.45, 2.75) is 57.5 Å². The smallest absolute Gasteiger partial charge is 0.404 e. The molecule has 2 amide bonds. The molecule has 1 fully saturated rings. The van der Waals surface area contributed by atoms with Crippen molar-refractivity contribution in [1.29, 1.82) is 0 Å². The molecule has 0 aliphatic carbocycles. The van der Waals surface area contributed by atoms with Crippen LogP contribution in [-0.2, 0) is 4.43 Å². The normalized spacial score (nSPS) is 18.7. The number of carbonyl (C=O) groups excluding carboxylic acids is 1. The molecule has 35 heavy (non-hydrogen) atoms. The average Bonchev–Trinajstić information content (AvgIpc) is 2.75. The van der Waals surface area contributed by atoms with Crippen LogP contribution in [0, 0.1) is 0 Å². The van der Waals surface area contributed by atoms with Crippen LogP contribution in [0.3, 0.4) is 0 Å². The van der Waals surface area contributed by atoms with Gasteiger partial charge in [0.25, 0.3) is 5.91 Å². The van der Waals surface area contributed by atoms with E-state index in [-0.39, 0.29) is 28.6 Å². The van der Waals surface area contributed by atoms with Gasteiger partial charge in [-0.2, -0.15) is 0 Å². The fraction of sp³-hybridized carbons (Fsp3) is 0.478. The summed E-state index contributed by atoms with van der Waals surface area (Å²) >= 11 is 3.27. The highest BCUT2D eigenvalue weighted by molar-refractivity contribution is 9.10. The molecule has 1 aliphatic heterocycles. The van der Waals surface area contributed by atoms with Crippen LogP contribution in [-0.4, -0.2) is 60.6 Å². The van der Waals surface area contributed by atoms with Crippen LogP contribution in [0.15, 0.2) is 35.2 Å². The maximum absolute atomic E-state index is 12.9. The Morgan fingerprint density at radius 3 is 2.66 bits per heavy atom. The molecule has 190 valence electrons. The number of rotatable bonds is 6. The van der Waals surface area contributed by atoms with Gasteiger partial charge in [0.05, 0.1) is 35.4 Å². The van der Waals surface area contributed by atoms with E-state index in [1.165, 1.54) is 0 Å². The van der Waals surface area contributed by atoms with Crippen LogP contribution in [0.5, 0.6) is 0 Å². The summed E-state index contributed by atoms with van der Waals surface area (Å²) in [5.41, 5.74) is 7.60. The van der Waals surface area contributed by atoms with Crippen molar-refractivity contribution in [2.24, 2.45) is 0 Å². The van der Waals surface area contributed by atoms with Gasteiger partial charge in [0.2, 0.25) is 0 Å². The Balaban J connectivity index is 1.86. The van der Waals surface area contributed by atoms with Crippen molar-refractivity contribution in [2.75, 3.05) is 29.0 Å². The number of anilines is 3. The molecule has 0 radical (unpaired) electrons. The van der Waals surface area contributed by atoms with Gasteiger partial charge in [-0.15, -0.1) is 0 Å². The first-order valence-corrected chi connectivity index (χ1v) is 15.1. The Morgan fingerprint density at radius 1 is 1.29 bits per heavy atom. The molecule has 10 nitrogen and oxygen atoms in total. The lowest BCUT2D eigenvalue weighted by atomic mass is 10.0. The van der Waals surface area contributed by atoms with Crippen LogP contribution in [0.2, 0.25) is 18.1 Å². The average molecular weight is 566 g/mol. The number of carbonyl (C=O) groups is 2.